The van der Waals surface area contributed by atoms with Crippen molar-refractivity contribution < 1.29 is 4.74 Å². The van der Waals surface area contributed by atoms with Crippen molar-refractivity contribution in [2.75, 3.05) is 25.1 Å². The molecule has 5 heteroatoms. The Morgan fingerprint density at radius 1 is 1.50 bits per heavy atom. The van der Waals surface area contributed by atoms with Gasteiger partial charge in [-0.05, 0) is 36.8 Å². The summed E-state index contributed by atoms with van der Waals surface area (Å²) in [6, 6.07) is 2.09. The van der Waals surface area contributed by atoms with E-state index < -0.39 is 0 Å². The minimum atomic E-state index is 0.401. The highest BCUT2D eigenvalue weighted by molar-refractivity contribution is 7.80. The summed E-state index contributed by atoms with van der Waals surface area (Å²) in [5.41, 5.74) is 9.11. The second kappa shape index (κ2) is 6.99. The fourth-order valence-electron chi connectivity index (χ4n) is 2.36. The van der Waals surface area contributed by atoms with E-state index in [1.54, 1.807) is 0 Å². The van der Waals surface area contributed by atoms with E-state index in [4.69, 9.17) is 22.7 Å². The number of aryl methyl sites for hydroxylation is 2. The van der Waals surface area contributed by atoms with Gasteiger partial charge in [0.15, 0.2) is 0 Å². The molecule has 20 heavy (non-hydrogen) atoms. The maximum atomic E-state index is 5.80. The standard InChI is InChI=1S/C15H23N3OS/c1-10(2)9-19-7-6-17-15-12(14(16)20)8-11-4-3-5-13(11)18-15/h8,10H,3-7,9H2,1-2H3,(H2,16,20)(H,17,18). The van der Waals surface area contributed by atoms with Crippen LogP contribution in [-0.2, 0) is 17.6 Å². The van der Waals surface area contributed by atoms with Gasteiger partial charge in [-0.2, -0.15) is 0 Å². The first-order valence-electron chi connectivity index (χ1n) is 7.22. The molecule has 0 fully saturated rings. The van der Waals surface area contributed by atoms with Gasteiger partial charge in [-0.15, -0.1) is 0 Å². The largest absolute Gasteiger partial charge is 0.389 e. The molecule has 1 aromatic heterocycles. The summed E-state index contributed by atoms with van der Waals surface area (Å²) < 4.78 is 5.56. The highest BCUT2D eigenvalue weighted by atomic mass is 32.1. The van der Waals surface area contributed by atoms with Crippen molar-refractivity contribution in [2.24, 2.45) is 11.7 Å². The molecule has 0 aromatic carbocycles. The Morgan fingerprint density at radius 3 is 3.00 bits per heavy atom. The zero-order chi connectivity index (χ0) is 14.5. The second-order valence-electron chi connectivity index (χ2n) is 5.60. The number of thiocarbonyl (C=S) groups is 1. The average molecular weight is 293 g/mol. The molecule has 1 heterocycles. The molecule has 1 aliphatic rings. The normalized spacial score (nSPS) is 13.6. The van der Waals surface area contributed by atoms with Crippen LogP contribution in [0.3, 0.4) is 0 Å². The topological polar surface area (TPSA) is 60.2 Å². The summed E-state index contributed by atoms with van der Waals surface area (Å²) in [7, 11) is 0. The number of fused-ring (bicyclic) bond motifs is 1. The lowest BCUT2D eigenvalue weighted by molar-refractivity contribution is 0.118. The number of hydrogen-bond acceptors (Lipinski definition) is 4. The number of nitrogens with one attached hydrogen (secondary N) is 1. The first-order valence-corrected chi connectivity index (χ1v) is 7.63. The molecule has 0 bridgehead atoms. The quantitative estimate of drug-likeness (QED) is 0.596. The lowest BCUT2D eigenvalue weighted by Crippen LogP contribution is -2.18. The SMILES string of the molecule is CC(C)COCCNc1nc2c(cc1C(N)=S)CCC2. The molecule has 0 aliphatic heterocycles. The molecule has 0 radical (unpaired) electrons. The Morgan fingerprint density at radius 2 is 2.30 bits per heavy atom. The second-order valence-corrected chi connectivity index (χ2v) is 6.04. The van der Waals surface area contributed by atoms with Crippen molar-refractivity contribution in [1.29, 1.82) is 0 Å². The number of nitrogens with two attached hydrogens (primary N) is 1. The smallest absolute Gasteiger partial charge is 0.136 e. The molecule has 1 aromatic rings. The third kappa shape index (κ3) is 3.90. The Kier molecular flexibility index (Phi) is 5.31. The van der Waals surface area contributed by atoms with E-state index in [0.717, 1.165) is 30.8 Å². The molecule has 0 amide bonds. The van der Waals surface area contributed by atoms with Crippen LogP contribution in [0, 0.1) is 5.92 Å². The molecular formula is C15H23N3OS. The number of hydrogen-bond donors (Lipinski definition) is 2. The maximum Gasteiger partial charge on any atom is 0.136 e. The Hall–Kier alpha value is -1.20. The van der Waals surface area contributed by atoms with Gasteiger partial charge >= 0.3 is 0 Å². The van der Waals surface area contributed by atoms with Crippen molar-refractivity contribution >= 4 is 23.0 Å². The third-order valence-electron chi connectivity index (χ3n) is 3.31. The van der Waals surface area contributed by atoms with Crippen LogP contribution in [0.2, 0.25) is 0 Å². The van der Waals surface area contributed by atoms with Crippen LogP contribution in [-0.4, -0.2) is 29.7 Å². The van der Waals surface area contributed by atoms with Crippen LogP contribution in [0.5, 0.6) is 0 Å². The van der Waals surface area contributed by atoms with Crippen molar-refractivity contribution in [3.05, 3.63) is 22.9 Å². The lowest BCUT2D eigenvalue weighted by atomic mass is 10.1. The third-order valence-corrected chi connectivity index (χ3v) is 3.53. The number of anilines is 1. The molecule has 0 saturated heterocycles. The Balaban J connectivity index is 1.98. The van der Waals surface area contributed by atoms with Gasteiger partial charge < -0.3 is 15.8 Å². The predicted molar refractivity (Wildman–Crippen MR) is 86.3 cm³/mol. The van der Waals surface area contributed by atoms with Crippen LogP contribution < -0.4 is 11.1 Å². The molecule has 1 aliphatic carbocycles. The number of rotatable bonds is 7. The van der Waals surface area contributed by atoms with Crippen LogP contribution in [0.1, 0.15) is 37.1 Å². The maximum absolute atomic E-state index is 5.80. The van der Waals surface area contributed by atoms with Crippen molar-refractivity contribution in [2.45, 2.75) is 33.1 Å². The summed E-state index contributed by atoms with van der Waals surface area (Å²) in [6.45, 7) is 6.43. The fraction of sp³-hybridized carbons (Fsp3) is 0.600. The molecule has 0 spiro atoms. The molecule has 2 rings (SSSR count). The van der Waals surface area contributed by atoms with Gasteiger partial charge in [0.05, 0.1) is 12.2 Å². The average Bonchev–Trinajstić information content (AvgIpc) is 2.83. The van der Waals surface area contributed by atoms with Crippen LogP contribution >= 0.6 is 12.2 Å². The minimum absolute atomic E-state index is 0.401. The van der Waals surface area contributed by atoms with Gasteiger partial charge in [0, 0.05) is 18.8 Å². The molecule has 0 saturated carbocycles. The first kappa shape index (κ1) is 15.2. The van der Waals surface area contributed by atoms with Crippen LogP contribution in [0.4, 0.5) is 5.82 Å². The summed E-state index contributed by atoms with van der Waals surface area (Å²) in [5, 5.41) is 3.29. The molecule has 110 valence electrons. The Bertz CT molecular complexity index is 488. The van der Waals surface area contributed by atoms with E-state index in [-0.39, 0.29) is 0 Å². The zero-order valence-electron chi connectivity index (χ0n) is 12.2. The van der Waals surface area contributed by atoms with E-state index in [1.807, 2.05) is 0 Å². The highest BCUT2D eigenvalue weighted by Gasteiger charge is 2.17. The zero-order valence-corrected chi connectivity index (χ0v) is 13.1. The summed E-state index contributed by atoms with van der Waals surface area (Å²) in [6.07, 6.45) is 3.29. The number of aromatic nitrogens is 1. The molecule has 4 nitrogen and oxygen atoms in total. The molecular weight excluding hydrogens is 270 g/mol. The Labute approximate surface area is 126 Å². The van der Waals surface area contributed by atoms with Crippen molar-refractivity contribution in [3.63, 3.8) is 0 Å². The van der Waals surface area contributed by atoms with Gasteiger partial charge in [-0.3, -0.25) is 0 Å². The van der Waals surface area contributed by atoms with E-state index in [0.29, 0.717) is 24.1 Å². The predicted octanol–water partition coefficient (Wildman–Crippen LogP) is 2.29. The summed E-state index contributed by atoms with van der Waals surface area (Å²) in [5.74, 6) is 1.35. The number of pyridine rings is 1. The number of nitrogens with zero attached hydrogens (tertiary/aromatic N) is 1. The highest BCUT2D eigenvalue weighted by Crippen LogP contribution is 2.25. The van der Waals surface area contributed by atoms with E-state index in [9.17, 15) is 0 Å². The minimum Gasteiger partial charge on any atom is -0.389 e. The molecule has 3 N–H and O–H groups in total. The van der Waals surface area contributed by atoms with Crippen LogP contribution in [0.25, 0.3) is 0 Å². The van der Waals surface area contributed by atoms with Gasteiger partial charge in [0.25, 0.3) is 0 Å². The first-order chi connectivity index (χ1) is 9.58. The van der Waals surface area contributed by atoms with E-state index in [1.165, 1.54) is 17.7 Å². The fourth-order valence-corrected chi connectivity index (χ4v) is 2.51. The van der Waals surface area contributed by atoms with E-state index >= 15 is 0 Å². The van der Waals surface area contributed by atoms with Crippen LogP contribution in [0.15, 0.2) is 6.07 Å². The van der Waals surface area contributed by atoms with Gasteiger partial charge in [0.2, 0.25) is 0 Å². The summed E-state index contributed by atoms with van der Waals surface area (Å²) >= 11 is 5.12. The monoisotopic (exact) mass is 293 g/mol. The van der Waals surface area contributed by atoms with Gasteiger partial charge in [0.1, 0.15) is 10.8 Å². The molecule has 0 atom stereocenters. The van der Waals surface area contributed by atoms with Crippen molar-refractivity contribution in [3.8, 4) is 0 Å². The van der Waals surface area contributed by atoms with Gasteiger partial charge in [-0.1, -0.05) is 26.1 Å². The number of ether oxygens (including phenoxy) is 1. The van der Waals surface area contributed by atoms with E-state index in [2.05, 4.69) is 30.2 Å². The van der Waals surface area contributed by atoms with Gasteiger partial charge in [-0.25, -0.2) is 4.98 Å². The molecule has 0 unspecified atom stereocenters. The summed E-state index contributed by atoms with van der Waals surface area (Å²) in [4.78, 5) is 5.07. The lowest BCUT2D eigenvalue weighted by Gasteiger charge is -2.13. The van der Waals surface area contributed by atoms with Crippen molar-refractivity contribution in [1.82, 2.24) is 4.98 Å².